The quantitative estimate of drug-likeness (QED) is 0.149. The molecule has 4 heterocycles. The number of hydrogen-bond donors (Lipinski definition) is 4. The lowest BCUT2D eigenvalue weighted by molar-refractivity contribution is -0.193. The molecule has 1 fully saturated rings. The maximum absolute atomic E-state index is 10.6. The third-order valence-electron chi connectivity index (χ3n) is 6.55. The zero-order valence-electron chi connectivity index (χ0n) is 24.1. The molecule has 17 heteroatoms. The second kappa shape index (κ2) is 14.8. The number of rotatable bonds is 5. The first-order chi connectivity index (χ1) is 22.2. The molecule has 5 aromatic rings. The Hall–Kier alpha value is -5.45. The van der Waals surface area contributed by atoms with Crippen LogP contribution in [0.25, 0.3) is 33.7 Å². The van der Waals surface area contributed by atoms with Crippen molar-refractivity contribution in [3.8, 4) is 22.6 Å². The number of alkyl halides is 6. The molecule has 0 spiro atoms. The van der Waals surface area contributed by atoms with Crippen molar-refractivity contribution in [2.24, 2.45) is 0 Å². The molecular weight excluding hydrogens is 638 g/mol. The van der Waals surface area contributed by atoms with E-state index in [0.29, 0.717) is 17.8 Å². The van der Waals surface area contributed by atoms with E-state index in [1.807, 2.05) is 67.0 Å². The number of piperidine rings is 1. The predicted molar refractivity (Wildman–Crippen MR) is 157 cm³/mol. The number of pyridine rings is 1. The maximum Gasteiger partial charge on any atom is 0.490 e. The Morgan fingerprint density at radius 1 is 0.872 bits per heavy atom. The lowest BCUT2D eigenvalue weighted by atomic mass is 10.1. The van der Waals surface area contributed by atoms with Crippen molar-refractivity contribution in [1.29, 1.82) is 0 Å². The highest BCUT2D eigenvalue weighted by atomic mass is 19.4. The van der Waals surface area contributed by atoms with Crippen LogP contribution >= 0.6 is 0 Å². The molecule has 0 unspecified atom stereocenters. The minimum atomic E-state index is -5.08. The molecule has 248 valence electrons. The van der Waals surface area contributed by atoms with Crippen LogP contribution < -0.4 is 10.6 Å². The Kier molecular flexibility index (Phi) is 10.8. The highest BCUT2D eigenvalue weighted by Crippen LogP contribution is 2.34. The molecular formula is C30H26F6N6O5. The van der Waals surface area contributed by atoms with Crippen LogP contribution in [-0.4, -0.2) is 67.3 Å². The Morgan fingerprint density at radius 2 is 1.47 bits per heavy atom. The predicted octanol–water partition coefficient (Wildman–Crippen LogP) is 6.69. The number of para-hydroxylation sites is 3. The molecule has 11 nitrogen and oxygen atoms in total. The van der Waals surface area contributed by atoms with E-state index < -0.39 is 24.3 Å². The lowest BCUT2D eigenvalue weighted by Gasteiger charge is -2.22. The first kappa shape index (κ1) is 34.4. The van der Waals surface area contributed by atoms with E-state index in [4.69, 9.17) is 34.2 Å². The molecule has 4 N–H and O–H groups in total. The third-order valence-corrected chi connectivity index (χ3v) is 6.55. The summed E-state index contributed by atoms with van der Waals surface area (Å²) in [5.74, 6) is -4.28. The lowest BCUT2D eigenvalue weighted by Crippen LogP contribution is -2.29. The van der Waals surface area contributed by atoms with Crippen molar-refractivity contribution in [3.05, 3.63) is 79.3 Å². The average Bonchev–Trinajstić information content (AvgIpc) is 3.70. The van der Waals surface area contributed by atoms with Crippen LogP contribution in [0, 0.1) is 0 Å². The minimum Gasteiger partial charge on any atom is -0.475 e. The first-order valence-corrected chi connectivity index (χ1v) is 13.8. The topological polar surface area (TPSA) is 155 Å². The number of nitrogens with zero attached hydrogens (tertiary/aromatic N) is 4. The van der Waals surface area contributed by atoms with Gasteiger partial charge in [-0.25, -0.2) is 19.6 Å². The van der Waals surface area contributed by atoms with Gasteiger partial charge in [0.1, 0.15) is 11.3 Å². The number of aromatic nitrogens is 4. The highest BCUT2D eigenvalue weighted by Gasteiger charge is 2.38. The van der Waals surface area contributed by atoms with Gasteiger partial charge in [0.15, 0.2) is 5.58 Å². The molecule has 0 aliphatic carbocycles. The van der Waals surface area contributed by atoms with Crippen molar-refractivity contribution in [1.82, 2.24) is 25.1 Å². The van der Waals surface area contributed by atoms with Crippen LogP contribution in [0.15, 0.2) is 83.7 Å². The minimum absolute atomic E-state index is 0.434. The maximum atomic E-state index is 10.6. The number of carboxylic acid groups (broad SMARTS) is 2. The second-order valence-corrected chi connectivity index (χ2v) is 9.89. The molecule has 2 aromatic carbocycles. The van der Waals surface area contributed by atoms with Gasteiger partial charge in [0.25, 0.3) is 0 Å². The van der Waals surface area contributed by atoms with E-state index in [2.05, 4.69) is 32.7 Å². The monoisotopic (exact) mass is 664 g/mol. The van der Waals surface area contributed by atoms with Crippen molar-refractivity contribution in [2.75, 3.05) is 18.4 Å². The van der Waals surface area contributed by atoms with Crippen molar-refractivity contribution in [2.45, 2.75) is 31.2 Å². The molecule has 1 aliphatic heterocycles. The van der Waals surface area contributed by atoms with Gasteiger partial charge >= 0.3 is 24.3 Å². The van der Waals surface area contributed by atoms with E-state index in [-0.39, 0.29) is 0 Å². The van der Waals surface area contributed by atoms with Gasteiger partial charge in [0, 0.05) is 29.2 Å². The van der Waals surface area contributed by atoms with E-state index in [1.54, 1.807) is 0 Å². The number of aliphatic carboxylic acids is 2. The number of fused-ring (bicyclic) bond motifs is 1. The van der Waals surface area contributed by atoms with Crippen molar-refractivity contribution in [3.63, 3.8) is 0 Å². The van der Waals surface area contributed by atoms with Gasteiger partial charge in [-0.1, -0.05) is 30.3 Å². The fourth-order valence-electron chi connectivity index (χ4n) is 4.29. The standard InChI is InChI=1S/C26H24N6O.2C2HF3O2/c1-2-6-20(7-3-1)30-25-22(26-31-23-8-4-5-9-24(23)33-26)14-18(15-28-25)19-16-29-32(17-19)21-10-12-27-13-11-21;2*3-2(4,5)1(6)7/h1-9,14-17,21,27H,10-13H2,(H,28,30);2*(H,6,7). The average molecular weight is 665 g/mol. The summed E-state index contributed by atoms with van der Waals surface area (Å²) in [5, 5.41) is 25.7. The fraction of sp³-hybridized carbons (Fsp3) is 0.233. The van der Waals surface area contributed by atoms with Crippen LogP contribution in [0.3, 0.4) is 0 Å². The molecule has 0 saturated carbocycles. The van der Waals surface area contributed by atoms with E-state index in [1.165, 1.54) is 0 Å². The molecule has 0 atom stereocenters. The van der Waals surface area contributed by atoms with Gasteiger partial charge in [0.2, 0.25) is 5.89 Å². The summed E-state index contributed by atoms with van der Waals surface area (Å²) >= 11 is 0. The SMILES string of the molecule is O=C(O)C(F)(F)F.O=C(O)C(F)(F)F.c1ccc(Nc2ncc(-c3cnn(C4CCNCC4)c3)cc2-c2nc3ccccc3o2)cc1. The summed E-state index contributed by atoms with van der Waals surface area (Å²) in [4.78, 5) is 27.3. The van der Waals surface area contributed by atoms with Gasteiger partial charge < -0.3 is 25.3 Å². The molecule has 6 rings (SSSR count). The molecule has 3 aromatic heterocycles. The summed E-state index contributed by atoms with van der Waals surface area (Å²) in [7, 11) is 0. The number of benzene rings is 2. The normalized spacial score (nSPS) is 13.6. The fourth-order valence-corrected chi connectivity index (χ4v) is 4.29. The second-order valence-electron chi connectivity index (χ2n) is 9.89. The molecule has 0 amide bonds. The Balaban J connectivity index is 0.000000301. The van der Waals surface area contributed by atoms with E-state index in [9.17, 15) is 26.3 Å². The van der Waals surface area contributed by atoms with Gasteiger partial charge in [-0.05, 0) is 56.3 Å². The molecule has 47 heavy (non-hydrogen) atoms. The number of halogens is 6. The summed E-state index contributed by atoms with van der Waals surface area (Å²) in [6.07, 6.45) is -2.07. The Labute approximate surface area is 261 Å². The van der Waals surface area contributed by atoms with E-state index >= 15 is 0 Å². The summed E-state index contributed by atoms with van der Waals surface area (Å²) in [6, 6.07) is 20.3. The van der Waals surface area contributed by atoms with Crippen LogP contribution in [0.2, 0.25) is 0 Å². The zero-order valence-corrected chi connectivity index (χ0v) is 24.1. The van der Waals surface area contributed by atoms with E-state index in [0.717, 1.165) is 59.4 Å². The van der Waals surface area contributed by atoms with Crippen LogP contribution in [0.1, 0.15) is 18.9 Å². The number of carboxylic acids is 2. The molecule has 1 saturated heterocycles. The van der Waals surface area contributed by atoms with Crippen molar-refractivity contribution >= 4 is 34.5 Å². The smallest absolute Gasteiger partial charge is 0.475 e. The first-order valence-electron chi connectivity index (χ1n) is 13.8. The zero-order chi connectivity index (χ0) is 34.2. The number of nitrogens with one attached hydrogen (secondary N) is 2. The van der Waals surface area contributed by atoms with Gasteiger partial charge in [-0.2, -0.15) is 31.4 Å². The summed E-state index contributed by atoms with van der Waals surface area (Å²) < 4.78 is 71.7. The van der Waals surface area contributed by atoms with Crippen LogP contribution in [-0.2, 0) is 9.59 Å². The summed E-state index contributed by atoms with van der Waals surface area (Å²) in [6.45, 7) is 2.06. The third kappa shape index (κ3) is 9.52. The number of anilines is 2. The van der Waals surface area contributed by atoms with Gasteiger partial charge in [0.05, 0.1) is 17.8 Å². The Morgan fingerprint density at radius 3 is 2.06 bits per heavy atom. The van der Waals surface area contributed by atoms with Crippen molar-refractivity contribution < 1.29 is 50.6 Å². The number of carbonyl (C=O) groups is 2. The Bertz CT molecular complexity index is 1740. The highest BCUT2D eigenvalue weighted by molar-refractivity contribution is 5.83. The summed E-state index contributed by atoms with van der Waals surface area (Å²) in [5.41, 5.74) is 5.34. The molecule has 0 radical (unpaired) electrons. The number of oxazole rings is 1. The molecule has 0 bridgehead atoms. The largest absolute Gasteiger partial charge is 0.490 e. The number of hydrogen-bond acceptors (Lipinski definition) is 8. The van der Waals surface area contributed by atoms with Gasteiger partial charge in [-0.3, -0.25) is 4.68 Å². The molecule has 1 aliphatic rings. The van der Waals surface area contributed by atoms with Gasteiger partial charge in [-0.15, -0.1) is 0 Å². The van der Waals surface area contributed by atoms with Crippen LogP contribution in [0.4, 0.5) is 37.8 Å². The van der Waals surface area contributed by atoms with Crippen LogP contribution in [0.5, 0.6) is 0 Å².